The lowest BCUT2D eigenvalue weighted by atomic mass is 10.1. The summed E-state index contributed by atoms with van der Waals surface area (Å²) in [4.78, 5) is 11.3. The lowest BCUT2D eigenvalue weighted by Gasteiger charge is -2.07. The van der Waals surface area contributed by atoms with Gasteiger partial charge in [0.1, 0.15) is 13.3 Å². The Hall–Kier alpha value is -1.87. The highest BCUT2D eigenvalue weighted by atomic mass is 79.9. The van der Waals surface area contributed by atoms with Gasteiger partial charge in [-0.3, -0.25) is 0 Å². The van der Waals surface area contributed by atoms with Crippen LogP contribution in [-0.4, -0.2) is 37.6 Å². The first kappa shape index (κ1) is 27.1. The topological polar surface area (TPSA) is 98.6 Å². The van der Waals surface area contributed by atoms with Gasteiger partial charge in [-0.15, -0.1) is 0 Å². The van der Waals surface area contributed by atoms with Crippen LogP contribution < -0.4 is 11.5 Å². The summed E-state index contributed by atoms with van der Waals surface area (Å²) >= 11 is 3.28. The van der Waals surface area contributed by atoms with Crippen LogP contribution in [0.3, 0.4) is 0 Å². The van der Waals surface area contributed by atoms with Gasteiger partial charge in [0.05, 0.1) is 24.3 Å². The predicted octanol–water partition coefficient (Wildman–Crippen LogP) is 4.25. The van der Waals surface area contributed by atoms with Gasteiger partial charge < -0.3 is 21.3 Å². The highest BCUT2D eigenvalue weighted by Crippen LogP contribution is 2.15. The van der Waals surface area contributed by atoms with Crippen LogP contribution in [0.5, 0.6) is 0 Å². The number of hydrogen-bond acceptors (Lipinski definition) is 5. The standard InChI is InChI=1S/C11H14FNO2.C8H9BrFN.C2H6O/c1-2-15-11(14)9-5-3-8(4-6-9)10(13)7-12;9-7-3-1-6(2-4-7)8(11)5-10;1-2-3/h3-6,10H,2,7,13H2,1H3;1-4,8H,5,11H2;3H,2H2,1H3. The largest absolute Gasteiger partial charge is 0.462 e. The summed E-state index contributed by atoms with van der Waals surface area (Å²) in [5.74, 6) is -0.377. The van der Waals surface area contributed by atoms with Gasteiger partial charge in [0.2, 0.25) is 0 Å². The summed E-state index contributed by atoms with van der Waals surface area (Å²) < 4.78 is 30.1. The number of ether oxygens (including phenoxy) is 1. The zero-order valence-corrected chi connectivity index (χ0v) is 18.2. The Morgan fingerprint density at radius 1 is 0.966 bits per heavy atom. The van der Waals surface area contributed by atoms with E-state index in [1.807, 2.05) is 24.3 Å². The molecule has 0 aliphatic rings. The number of rotatable bonds is 6. The molecule has 2 aromatic carbocycles. The van der Waals surface area contributed by atoms with Crippen molar-refractivity contribution in [1.82, 2.24) is 0 Å². The average Bonchev–Trinajstić information content (AvgIpc) is 2.74. The van der Waals surface area contributed by atoms with E-state index in [1.54, 1.807) is 38.1 Å². The molecule has 29 heavy (non-hydrogen) atoms. The Kier molecular flexibility index (Phi) is 15.0. The van der Waals surface area contributed by atoms with E-state index in [-0.39, 0.29) is 12.6 Å². The van der Waals surface area contributed by atoms with Crippen LogP contribution in [-0.2, 0) is 4.74 Å². The number of carbonyl (C=O) groups is 1. The Labute approximate surface area is 179 Å². The zero-order chi connectivity index (χ0) is 22.2. The van der Waals surface area contributed by atoms with E-state index in [9.17, 15) is 13.6 Å². The number of esters is 1. The fraction of sp³-hybridized carbons (Fsp3) is 0.381. The predicted molar refractivity (Wildman–Crippen MR) is 115 cm³/mol. The third-order valence-corrected chi connectivity index (χ3v) is 4.01. The molecule has 0 spiro atoms. The minimum Gasteiger partial charge on any atom is -0.462 e. The summed E-state index contributed by atoms with van der Waals surface area (Å²) in [6.45, 7) is 2.89. The average molecular weight is 475 g/mol. The molecule has 0 amide bonds. The third kappa shape index (κ3) is 11.0. The molecule has 8 heteroatoms. The van der Waals surface area contributed by atoms with E-state index in [1.165, 1.54) is 0 Å². The van der Waals surface area contributed by atoms with Crippen molar-refractivity contribution in [3.05, 3.63) is 69.7 Å². The van der Waals surface area contributed by atoms with Crippen molar-refractivity contribution in [2.24, 2.45) is 11.5 Å². The molecule has 0 bridgehead atoms. The fourth-order valence-electron chi connectivity index (χ4n) is 1.97. The van der Waals surface area contributed by atoms with Crippen molar-refractivity contribution in [3.63, 3.8) is 0 Å². The van der Waals surface area contributed by atoms with Gasteiger partial charge in [-0.05, 0) is 49.2 Å². The minimum absolute atomic E-state index is 0.250. The monoisotopic (exact) mass is 474 g/mol. The molecule has 5 N–H and O–H groups in total. The summed E-state index contributed by atoms with van der Waals surface area (Å²) in [7, 11) is 0. The van der Waals surface area contributed by atoms with E-state index in [0.717, 1.165) is 10.0 Å². The van der Waals surface area contributed by atoms with Gasteiger partial charge >= 0.3 is 5.97 Å². The van der Waals surface area contributed by atoms with Crippen LogP contribution in [0.2, 0.25) is 0 Å². The summed E-state index contributed by atoms with van der Waals surface area (Å²) in [5.41, 5.74) is 12.9. The number of hydrogen-bond donors (Lipinski definition) is 3. The second-order valence-electron chi connectivity index (χ2n) is 5.73. The Balaban J connectivity index is 0.000000493. The molecule has 0 heterocycles. The van der Waals surface area contributed by atoms with Gasteiger partial charge in [-0.2, -0.15) is 0 Å². The smallest absolute Gasteiger partial charge is 0.338 e. The van der Waals surface area contributed by atoms with Crippen molar-refractivity contribution >= 4 is 21.9 Å². The SMILES string of the molecule is CCO.CCOC(=O)c1ccc(C(N)CF)cc1.NC(CF)c1ccc(Br)cc1. The second kappa shape index (κ2) is 16.0. The number of aliphatic hydroxyl groups is 1. The van der Waals surface area contributed by atoms with E-state index in [4.69, 9.17) is 21.3 Å². The second-order valence-corrected chi connectivity index (χ2v) is 6.65. The third-order valence-electron chi connectivity index (χ3n) is 3.48. The van der Waals surface area contributed by atoms with Crippen LogP contribution in [0, 0.1) is 0 Å². The van der Waals surface area contributed by atoms with E-state index < -0.39 is 25.4 Å². The molecule has 0 aliphatic carbocycles. The van der Waals surface area contributed by atoms with Crippen LogP contribution >= 0.6 is 15.9 Å². The number of halogens is 3. The Bertz CT molecular complexity index is 685. The zero-order valence-electron chi connectivity index (χ0n) is 16.7. The lowest BCUT2D eigenvalue weighted by Crippen LogP contribution is -2.12. The van der Waals surface area contributed by atoms with E-state index in [2.05, 4.69) is 15.9 Å². The van der Waals surface area contributed by atoms with Gasteiger partial charge in [-0.25, -0.2) is 13.6 Å². The number of benzene rings is 2. The molecule has 2 unspecified atom stereocenters. The molecule has 0 aliphatic heterocycles. The quantitative estimate of drug-likeness (QED) is 0.543. The molecule has 0 saturated heterocycles. The molecule has 0 aromatic heterocycles. The minimum atomic E-state index is -0.624. The molecule has 0 saturated carbocycles. The van der Waals surface area contributed by atoms with Gasteiger partial charge in [0.15, 0.2) is 0 Å². The van der Waals surface area contributed by atoms with E-state index in [0.29, 0.717) is 17.7 Å². The summed E-state index contributed by atoms with van der Waals surface area (Å²) in [6, 6.07) is 12.7. The normalized spacial score (nSPS) is 11.9. The highest BCUT2D eigenvalue weighted by molar-refractivity contribution is 9.10. The van der Waals surface area contributed by atoms with Gasteiger partial charge in [-0.1, -0.05) is 40.2 Å². The molecule has 162 valence electrons. The lowest BCUT2D eigenvalue weighted by molar-refractivity contribution is 0.0526. The molecule has 2 rings (SSSR count). The Morgan fingerprint density at radius 2 is 1.34 bits per heavy atom. The molecule has 0 fully saturated rings. The first-order valence-electron chi connectivity index (χ1n) is 9.10. The molecule has 5 nitrogen and oxygen atoms in total. The number of aliphatic hydroxyl groups excluding tert-OH is 1. The number of nitrogens with two attached hydrogens (primary N) is 2. The molecule has 2 aromatic rings. The number of alkyl halides is 2. The summed E-state index contributed by atoms with van der Waals surface area (Å²) in [6.07, 6.45) is 0. The molecular weight excluding hydrogens is 446 g/mol. The van der Waals surface area contributed by atoms with Crippen LogP contribution in [0.1, 0.15) is 47.4 Å². The van der Waals surface area contributed by atoms with E-state index >= 15 is 0 Å². The van der Waals surface area contributed by atoms with Crippen molar-refractivity contribution in [1.29, 1.82) is 0 Å². The molecular formula is C21H29BrF2N2O3. The van der Waals surface area contributed by atoms with Gasteiger partial charge in [0, 0.05) is 11.1 Å². The fourth-order valence-corrected chi connectivity index (χ4v) is 2.23. The maximum Gasteiger partial charge on any atom is 0.338 e. The van der Waals surface area contributed by atoms with Crippen molar-refractivity contribution in [3.8, 4) is 0 Å². The highest BCUT2D eigenvalue weighted by Gasteiger charge is 2.08. The van der Waals surface area contributed by atoms with Crippen molar-refractivity contribution < 1.29 is 23.4 Å². The van der Waals surface area contributed by atoms with Crippen LogP contribution in [0.15, 0.2) is 53.0 Å². The van der Waals surface area contributed by atoms with Crippen LogP contribution in [0.25, 0.3) is 0 Å². The molecule has 2 atom stereocenters. The first-order chi connectivity index (χ1) is 13.8. The maximum absolute atomic E-state index is 12.2. The van der Waals surface area contributed by atoms with Crippen LogP contribution in [0.4, 0.5) is 8.78 Å². The van der Waals surface area contributed by atoms with Gasteiger partial charge in [0.25, 0.3) is 0 Å². The maximum atomic E-state index is 12.2. The number of carbonyl (C=O) groups excluding carboxylic acids is 1. The first-order valence-corrected chi connectivity index (χ1v) is 9.90. The van der Waals surface area contributed by atoms with Crippen molar-refractivity contribution in [2.45, 2.75) is 25.9 Å². The molecule has 0 radical (unpaired) electrons. The summed E-state index contributed by atoms with van der Waals surface area (Å²) in [5, 5.41) is 7.57. The Morgan fingerprint density at radius 3 is 1.69 bits per heavy atom. The van der Waals surface area contributed by atoms with Crippen molar-refractivity contribution in [2.75, 3.05) is 26.6 Å².